The van der Waals surface area contributed by atoms with Gasteiger partial charge in [0.05, 0.1) is 15.8 Å². The van der Waals surface area contributed by atoms with Crippen LogP contribution in [0.15, 0.2) is 12.5 Å². The molecule has 0 unspecified atom stereocenters. The summed E-state index contributed by atoms with van der Waals surface area (Å²) >= 11 is 2.23. The van der Waals surface area contributed by atoms with Gasteiger partial charge in [0.1, 0.15) is 6.33 Å². The molecular formula is C15H21IN6O. The Morgan fingerprint density at radius 3 is 2.74 bits per heavy atom. The van der Waals surface area contributed by atoms with Crippen molar-refractivity contribution in [2.45, 2.75) is 38.3 Å². The predicted molar refractivity (Wildman–Crippen MR) is 95.4 cm³/mol. The Bertz CT molecular complexity index is 737. The van der Waals surface area contributed by atoms with E-state index in [2.05, 4.69) is 56.5 Å². The Morgan fingerprint density at radius 1 is 1.35 bits per heavy atom. The van der Waals surface area contributed by atoms with Crippen LogP contribution in [0.3, 0.4) is 0 Å². The molecule has 2 fully saturated rings. The number of aromatic nitrogens is 4. The van der Waals surface area contributed by atoms with E-state index >= 15 is 0 Å². The summed E-state index contributed by atoms with van der Waals surface area (Å²) in [6, 6.07) is 0.0803. The van der Waals surface area contributed by atoms with Crippen molar-refractivity contribution in [3.63, 3.8) is 0 Å². The highest BCUT2D eigenvalue weighted by atomic mass is 127. The molecule has 1 spiro atoms. The van der Waals surface area contributed by atoms with Crippen molar-refractivity contribution < 1.29 is 4.74 Å². The Hall–Kier alpha value is -1.00. The topological polar surface area (TPSA) is 81.6 Å². The summed E-state index contributed by atoms with van der Waals surface area (Å²) in [6.07, 6.45) is 5.43. The third kappa shape index (κ3) is 2.33. The fourth-order valence-electron chi connectivity index (χ4n) is 3.77. The second kappa shape index (κ2) is 5.25. The Morgan fingerprint density at radius 2 is 2.09 bits per heavy atom. The van der Waals surface area contributed by atoms with Gasteiger partial charge >= 0.3 is 0 Å². The number of piperidine rings is 1. The van der Waals surface area contributed by atoms with Crippen molar-refractivity contribution in [3.8, 4) is 0 Å². The van der Waals surface area contributed by atoms with Crippen molar-refractivity contribution in [2.24, 2.45) is 11.1 Å². The molecular weight excluding hydrogens is 407 g/mol. The Kier molecular flexibility index (Phi) is 3.54. The van der Waals surface area contributed by atoms with E-state index in [1.165, 1.54) is 0 Å². The van der Waals surface area contributed by atoms with Crippen LogP contribution in [0.25, 0.3) is 5.65 Å². The molecule has 2 N–H and O–H groups in total. The molecule has 0 saturated carbocycles. The molecule has 4 heterocycles. The first-order valence-corrected chi connectivity index (χ1v) is 9.00. The van der Waals surface area contributed by atoms with Crippen molar-refractivity contribution in [3.05, 3.63) is 16.1 Å². The van der Waals surface area contributed by atoms with E-state index in [0.717, 1.165) is 47.7 Å². The maximum Gasteiger partial charge on any atom is 0.212 e. The molecule has 1 atom stereocenters. The monoisotopic (exact) mass is 428 g/mol. The Balaban J connectivity index is 1.58. The highest BCUT2D eigenvalue weighted by Crippen LogP contribution is 2.44. The molecule has 0 amide bonds. The van der Waals surface area contributed by atoms with Gasteiger partial charge < -0.3 is 15.4 Å². The van der Waals surface area contributed by atoms with Gasteiger partial charge in [0.15, 0.2) is 5.65 Å². The molecule has 2 aromatic heterocycles. The molecule has 0 aliphatic carbocycles. The smallest absolute Gasteiger partial charge is 0.212 e. The fraction of sp³-hybridized carbons (Fsp3) is 0.667. The summed E-state index contributed by atoms with van der Waals surface area (Å²) < 4.78 is 9.14. The van der Waals surface area contributed by atoms with Gasteiger partial charge in [-0.05, 0) is 35.4 Å². The zero-order chi connectivity index (χ0) is 16.2. The standard InChI is InChI=1S/C15H21IN6O/c1-14(2)8-23-15(12(14)17)3-5-21(6-4-15)13-18-7-10(16)11-20-19-9-22(11)13/h7,9,12H,3-6,8,17H2,1-2H3/t12-/m1/s1. The average Bonchev–Trinajstić information content (AvgIpc) is 3.11. The van der Waals surface area contributed by atoms with Gasteiger partial charge in [0.2, 0.25) is 5.95 Å². The van der Waals surface area contributed by atoms with Crippen molar-refractivity contribution >= 4 is 34.2 Å². The van der Waals surface area contributed by atoms with Gasteiger partial charge in [-0.1, -0.05) is 13.8 Å². The van der Waals surface area contributed by atoms with E-state index in [9.17, 15) is 0 Å². The van der Waals surface area contributed by atoms with Gasteiger partial charge in [0, 0.05) is 30.7 Å². The summed E-state index contributed by atoms with van der Waals surface area (Å²) in [5.74, 6) is 0.895. The van der Waals surface area contributed by atoms with E-state index in [1.807, 2.05) is 10.6 Å². The number of nitrogens with zero attached hydrogens (tertiary/aromatic N) is 5. The quantitative estimate of drug-likeness (QED) is 0.693. The van der Waals surface area contributed by atoms with Crippen molar-refractivity contribution in [1.29, 1.82) is 0 Å². The third-order valence-electron chi connectivity index (χ3n) is 5.30. The SMILES string of the molecule is CC1(C)COC2(CCN(c3ncc(I)c4nncn34)CC2)[C@@H]1N. The van der Waals surface area contributed by atoms with Crippen LogP contribution in [-0.4, -0.2) is 50.9 Å². The average molecular weight is 428 g/mol. The zero-order valence-corrected chi connectivity index (χ0v) is 15.5. The van der Waals surface area contributed by atoms with Gasteiger partial charge in [-0.25, -0.2) is 4.98 Å². The highest BCUT2D eigenvalue weighted by molar-refractivity contribution is 14.1. The van der Waals surface area contributed by atoms with E-state index in [1.54, 1.807) is 6.33 Å². The molecule has 8 heteroatoms. The van der Waals surface area contributed by atoms with Crippen LogP contribution in [0, 0.1) is 8.99 Å². The minimum atomic E-state index is -0.185. The molecule has 0 aromatic carbocycles. The molecule has 4 rings (SSSR count). The van der Waals surface area contributed by atoms with Gasteiger partial charge in [0.25, 0.3) is 0 Å². The van der Waals surface area contributed by atoms with Crippen LogP contribution in [0.5, 0.6) is 0 Å². The summed E-state index contributed by atoms with van der Waals surface area (Å²) in [5, 5.41) is 8.19. The first kappa shape index (κ1) is 15.5. The molecule has 2 aliphatic rings. The third-order valence-corrected chi connectivity index (χ3v) is 6.06. The van der Waals surface area contributed by atoms with Gasteiger partial charge in [-0.2, -0.15) is 0 Å². The van der Waals surface area contributed by atoms with Crippen LogP contribution in [0.2, 0.25) is 0 Å². The number of hydrogen-bond acceptors (Lipinski definition) is 6. The molecule has 2 aliphatic heterocycles. The van der Waals surface area contributed by atoms with Crippen molar-refractivity contribution in [1.82, 2.24) is 19.6 Å². The number of nitrogens with two attached hydrogens (primary N) is 1. The molecule has 2 aromatic rings. The number of ether oxygens (including phenoxy) is 1. The normalized spacial score (nSPS) is 26.3. The summed E-state index contributed by atoms with van der Waals surface area (Å²) in [7, 11) is 0. The Labute approximate surface area is 148 Å². The van der Waals surface area contributed by atoms with E-state index in [4.69, 9.17) is 10.5 Å². The molecule has 0 radical (unpaired) electrons. The van der Waals surface area contributed by atoms with Gasteiger partial charge in [-0.15, -0.1) is 10.2 Å². The van der Waals surface area contributed by atoms with Gasteiger partial charge in [-0.3, -0.25) is 4.40 Å². The van der Waals surface area contributed by atoms with E-state index in [-0.39, 0.29) is 17.1 Å². The molecule has 2 saturated heterocycles. The van der Waals surface area contributed by atoms with Crippen LogP contribution in [0.1, 0.15) is 26.7 Å². The summed E-state index contributed by atoms with van der Waals surface area (Å²) in [5.41, 5.74) is 7.23. The number of halogens is 1. The van der Waals surface area contributed by atoms with Crippen molar-refractivity contribution in [2.75, 3.05) is 24.6 Å². The van der Waals surface area contributed by atoms with Crippen LogP contribution in [-0.2, 0) is 4.74 Å². The number of anilines is 1. The fourth-order valence-corrected chi connectivity index (χ4v) is 4.28. The lowest BCUT2D eigenvalue weighted by Crippen LogP contribution is -2.56. The lowest BCUT2D eigenvalue weighted by molar-refractivity contribution is -0.0236. The van der Waals surface area contributed by atoms with Crippen LogP contribution in [0.4, 0.5) is 5.95 Å². The molecule has 23 heavy (non-hydrogen) atoms. The lowest BCUT2D eigenvalue weighted by Gasteiger charge is -2.42. The zero-order valence-electron chi connectivity index (χ0n) is 13.4. The van der Waals surface area contributed by atoms with Crippen LogP contribution < -0.4 is 10.6 Å². The first-order valence-electron chi connectivity index (χ1n) is 7.92. The summed E-state index contributed by atoms with van der Waals surface area (Å²) in [4.78, 5) is 6.87. The molecule has 124 valence electrons. The van der Waals surface area contributed by atoms with E-state index in [0.29, 0.717) is 0 Å². The highest BCUT2D eigenvalue weighted by Gasteiger charge is 2.53. The maximum atomic E-state index is 6.51. The predicted octanol–water partition coefficient (Wildman–Crippen LogP) is 1.45. The lowest BCUT2D eigenvalue weighted by atomic mass is 9.75. The minimum absolute atomic E-state index is 0.0464. The molecule has 0 bridgehead atoms. The minimum Gasteiger partial charge on any atom is -0.373 e. The summed E-state index contributed by atoms with van der Waals surface area (Å²) in [6.45, 7) is 6.89. The number of hydrogen-bond donors (Lipinski definition) is 1. The number of fused-ring (bicyclic) bond motifs is 1. The first-order chi connectivity index (χ1) is 10.9. The molecule has 7 nitrogen and oxygen atoms in total. The van der Waals surface area contributed by atoms with E-state index < -0.39 is 0 Å². The second-order valence-corrected chi connectivity index (χ2v) is 8.40. The largest absolute Gasteiger partial charge is 0.373 e. The number of rotatable bonds is 1. The maximum absolute atomic E-state index is 6.51. The van der Waals surface area contributed by atoms with Crippen LogP contribution >= 0.6 is 22.6 Å². The second-order valence-electron chi connectivity index (χ2n) is 7.24.